The fraction of sp³-hybridized carbons (Fsp3) is 0.222. The summed E-state index contributed by atoms with van der Waals surface area (Å²) in [6, 6.07) is 2.53. The summed E-state index contributed by atoms with van der Waals surface area (Å²) in [4.78, 5) is 10.7. The Balaban J connectivity index is 3.32. The van der Waals surface area contributed by atoms with E-state index in [1.54, 1.807) is 0 Å². The molecule has 14 heavy (non-hydrogen) atoms. The van der Waals surface area contributed by atoms with Gasteiger partial charge in [-0.2, -0.15) is 0 Å². The van der Waals surface area contributed by atoms with Gasteiger partial charge < -0.3 is 5.11 Å². The van der Waals surface area contributed by atoms with Crippen molar-refractivity contribution in [2.24, 2.45) is 0 Å². The summed E-state index contributed by atoms with van der Waals surface area (Å²) in [5.41, 5.74) is 0.0741. The molecule has 2 nitrogen and oxygen atoms in total. The molecule has 0 saturated heterocycles. The van der Waals surface area contributed by atoms with Crippen molar-refractivity contribution in [2.45, 2.75) is 12.8 Å². The summed E-state index contributed by atoms with van der Waals surface area (Å²) < 4.78 is 13.6. The second kappa shape index (κ2) is 4.28. The average Bonchev–Trinajstić information content (AvgIpc) is 2.12. The van der Waals surface area contributed by atoms with E-state index in [0.717, 1.165) is 6.07 Å². The number of hydrogen-bond acceptors (Lipinski definition) is 1. The average molecular weight is 282 g/mol. The molecule has 5 heteroatoms. The highest BCUT2D eigenvalue weighted by Crippen LogP contribution is 2.33. The fourth-order valence-corrected chi connectivity index (χ4v) is 1.89. The first-order valence-corrected chi connectivity index (χ1v) is 4.98. The number of carboxylic acid groups (broad SMARTS) is 1. The smallest absolute Gasteiger partial charge is 0.310 e. The van der Waals surface area contributed by atoms with E-state index in [4.69, 9.17) is 16.7 Å². The number of rotatable bonds is 2. The van der Waals surface area contributed by atoms with Gasteiger partial charge >= 0.3 is 5.97 Å². The summed E-state index contributed by atoms with van der Waals surface area (Å²) >= 11 is 8.79. The van der Waals surface area contributed by atoms with Crippen molar-refractivity contribution in [3.05, 3.63) is 33.0 Å². The van der Waals surface area contributed by atoms with E-state index >= 15 is 0 Å². The highest BCUT2D eigenvalue weighted by Gasteiger charge is 2.22. The van der Waals surface area contributed by atoms with Crippen LogP contribution in [0.25, 0.3) is 0 Å². The summed E-state index contributed by atoms with van der Waals surface area (Å²) in [5, 5.41) is 9.05. The van der Waals surface area contributed by atoms with Gasteiger partial charge in [0, 0.05) is 10.0 Å². The van der Waals surface area contributed by atoms with Gasteiger partial charge in [0.2, 0.25) is 0 Å². The molecule has 0 bridgehead atoms. The van der Waals surface area contributed by atoms with Gasteiger partial charge in [0.25, 0.3) is 0 Å². The van der Waals surface area contributed by atoms with Crippen molar-refractivity contribution in [1.29, 1.82) is 0 Å². The van der Waals surface area contributed by atoms with E-state index in [-0.39, 0.29) is 5.56 Å². The molecule has 1 rings (SSSR count). The molecule has 76 valence electrons. The van der Waals surface area contributed by atoms with Crippen LogP contribution in [0.3, 0.4) is 0 Å². The van der Waals surface area contributed by atoms with Crippen LogP contribution in [0, 0.1) is 5.82 Å². The Kier molecular flexibility index (Phi) is 3.50. The Bertz CT molecular complexity index is 381. The van der Waals surface area contributed by atoms with Crippen LogP contribution in [0.1, 0.15) is 18.4 Å². The highest BCUT2D eigenvalue weighted by molar-refractivity contribution is 9.10. The Morgan fingerprint density at radius 3 is 2.71 bits per heavy atom. The van der Waals surface area contributed by atoms with Gasteiger partial charge in [-0.25, -0.2) is 4.39 Å². The van der Waals surface area contributed by atoms with Crippen LogP contribution < -0.4 is 0 Å². The van der Waals surface area contributed by atoms with E-state index in [1.165, 1.54) is 13.0 Å². The number of benzene rings is 1. The van der Waals surface area contributed by atoms with Crippen molar-refractivity contribution >= 4 is 33.5 Å². The third-order valence-electron chi connectivity index (χ3n) is 1.88. The Hall–Kier alpha value is -0.610. The van der Waals surface area contributed by atoms with Crippen LogP contribution in [0.15, 0.2) is 16.6 Å². The molecule has 0 aromatic heterocycles. The van der Waals surface area contributed by atoms with Crippen molar-refractivity contribution in [1.82, 2.24) is 0 Å². The van der Waals surface area contributed by atoms with Crippen LogP contribution in [0.2, 0.25) is 5.02 Å². The fourth-order valence-electron chi connectivity index (χ4n) is 1.06. The maximum absolute atomic E-state index is 13.3. The topological polar surface area (TPSA) is 37.3 Å². The van der Waals surface area contributed by atoms with Gasteiger partial charge in [0.05, 0.1) is 10.9 Å². The summed E-state index contributed by atoms with van der Waals surface area (Å²) in [6.07, 6.45) is 0. The molecule has 1 aromatic carbocycles. The number of halogens is 3. The summed E-state index contributed by atoms with van der Waals surface area (Å²) in [7, 11) is 0. The van der Waals surface area contributed by atoms with Gasteiger partial charge in [-0.1, -0.05) is 11.6 Å². The standard InChI is InChI=1S/C9H7BrClFO2/c1-4(9(13)14)7-6(12)3-2-5(11)8(7)10/h2-4H,1H3,(H,13,14). The lowest BCUT2D eigenvalue weighted by Gasteiger charge is -2.11. The zero-order chi connectivity index (χ0) is 10.9. The molecule has 0 fully saturated rings. The van der Waals surface area contributed by atoms with Crippen LogP contribution in [0.5, 0.6) is 0 Å². The Morgan fingerprint density at radius 2 is 2.21 bits per heavy atom. The first kappa shape index (κ1) is 11.5. The normalized spacial score (nSPS) is 12.6. The molecule has 1 atom stereocenters. The van der Waals surface area contributed by atoms with Crippen LogP contribution in [0.4, 0.5) is 4.39 Å². The molecule has 0 aliphatic carbocycles. The number of carboxylic acids is 1. The third-order valence-corrected chi connectivity index (χ3v) is 3.28. The van der Waals surface area contributed by atoms with Gasteiger partial charge in [0.1, 0.15) is 5.82 Å². The van der Waals surface area contributed by atoms with Gasteiger partial charge in [0.15, 0.2) is 0 Å². The second-order valence-electron chi connectivity index (χ2n) is 2.82. The molecular formula is C9H7BrClFO2. The first-order valence-electron chi connectivity index (χ1n) is 3.81. The largest absolute Gasteiger partial charge is 0.481 e. The summed E-state index contributed by atoms with van der Waals surface area (Å²) in [5.74, 6) is -2.59. The van der Waals surface area contributed by atoms with Gasteiger partial charge in [-0.15, -0.1) is 0 Å². The van der Waals surface area contributed by atoms with Gasteiger partial charge in [-0.05, 0) is 35.0 Å². The van der Waals surface area contributed by atoms with Gasteiger partial charge in [-0.3, -0.25) is 4.79 Å². The van der Waals surface area contributed by atoms with Crippen molar-refractivity contribution in [3.8, 4) is 0 Å². The summed E-state index contributed by atoms with van der Waals surface area (Å²) in [6.45, 7) is 1.40. The SMILES string of the molecule is CC(C(=O)O)c1c(F)ccc(Cl)c1Br. The lowest BCUT2D eigenvalue weighted by atomic mass is 10.0. The zero-order valence-electron chi connectivity index (χ0n) is 7.22. The quantitative estimate of drug-likeness (QED) is 0.843. The van der Waals surface area contributed by atoms with E-state index in [0.29, 0.717) is 9.50 Å². The molecule has 0 spiro atoms. The minimum atomic E-state index is -1.09. The molecular weight excluding hydrogens is 274 g/mol. The van der Waals surface area contributed by atoms with Crippen molar-refractivity contribution in [2.75, 3.05) is 0 Å². The number of aliphatic carboxylic acids is 1. The minimum absolute atomic E-state index is 0.0741. The predicted octanol–water partition coefficient (Wildman–Crippen LogP) is 3.43. The van der Waals surface area contributed by atoms with Crippen molar-refractivity contribution in [3.63, 3.8) is 0 Å². The maximum atomic E-state index is 13.3. The monoisotopic (exact) mass is 280 g/mol. The van der Waals surface area contributed by atoms with E-state index in [2.05, 4.69) is 15.9 Å². The molecule has 1 unspecified atom stereocenters. The molecule has 0 heterocycles. The molecule has 1 aromatic rings. The van der Waals surface area contributed by atoms with Crippen LogP contribution in [-0.4, -0.2) is 11.1 Å². The maximum Gasteiger partial charge on any atom is 0.310 e. The molecule has 1 N–H and O–H groups in total. The lowest BCUT2D eigenvalue weighted by molar-refractivity contribution is -0.138. The number of carbonyl (C=O) groups is 1. The number of hydrogen-bond donors (Lipinski definition) is 1. The molecule has 0 radical (unpaired) electrons. The van der Waals surface area contributed by atoms with E-state index < -0.39 is 17.7 Å². The third kappa shape index (κ3) is 2.07. The minimum Gasteiger partial charge on any atom is -0.481 e. The van der Waals surface area contributed by atoms with E-state index in [1.807, 2.05) is 0 Å². The lowest BCUT2D eigenvalue weighted by Crippen LogP contribution is -2.10. The Labute approximate surface area is 93.8 Å². The highest BCUT2D eigenvalue weighted by atomic mass is 79.9. The first-order chi connectivity index (χ1) is 6.45. The molecule has 0 aliphatic heterocycles. The predicted molar refractivity (Wildman–Crippen MR) is 55.2 cm³/mol. The molecule has 0 aliphatic rings. The molecule has 0 amide bonds. The van der Waals surface area contributed by atoms with E-state index in [9.17, 15) is 9.18 Å². The van der Waals surface area contributed by atoms with Crippen molar-refractivity contribution < 1.29 is 14.3 Å². The second-order valence-corrected chi connectivity index (χ2v) is 4.02. The molecule has 0 saturated carbocycles. The van der Waals surface area contributed by atoms with Crippen LogP contribution in [-0.2, 0) is 4.79 Å². The zero-order valence-corrected chi connectivity index (χ0v) is 9.56. The Morgan fingerprint density at radius 1 is 1.64 bits per heavy atom. The van der Waals surface area contributed by atoms with Crippen LogP contribution >= 0.6 is 27.5 Å².